The number of hydrogen-bond donors (Lipinski definition) is 1. The van der Waals surface area contributed by atoms with E-state index < -0.39 is 0 Å². The molecule has 138 valence electrons. The Balaban J connectivity index is 1.94. The lowest BCUT2D eigenvalue weighted by Crippen LogP contribution is -2.39. The maximum Gasteiger partial charge on any atom is 0.318 e. The molecule has 0 bridgehead atoms. The molecule has 5 heteroatoms. The van der Waals surface area contributed by atoms with E-state index in [2.05, 4.69) is 28.9 Å². The minimum Gasteiger partial charge on any atom is -0.334 e. The molecular weight excluding hydrogens is 329 g/mol. The first kappa shape index (κ1) is 19.7. The van der Waals surface area contributed by atoms with E-state index in [0.717, 1.165) is 12.1 Å². The van der Waals surface area contributed by atoms with Crippen LogP contribution >= 0.6 is 0 Å². The van der Waals surface area contributed by atoms with Crippen molar-refractivity contribution in [2.45, 2.75) is 19.6 Å². The summed E-state index contributed by atoms with van der Waals surface area (Å²) in [4.78, 5) is 16.1. The van der Waals surface area contributed by atoms with E-state index in [-0.39, 0.29) is 18.4 Å². The molecule has 0 saturated carbocycles. The minimum atomic E-state index is -0.314. The van der Waals surface area contributed by atoms with Crippen LogP contribution in [0.5, 0.6) is 0 Å². The molecule has 0 saturated heterocycles. The van der Waals surface area contributed by atoms with Gasteiger partial charge in [0.25, 0.3) is 0 Å². The van der Waals surface area contributed by atoms with E-state index >= 15 is 0 Å². The monoisotopic (exact) mass is 355 g/mol. The molecule has 2 aromatic rings. The second-order valence-electron chi connectivity index (χ2n) is 6.47. The maximum absolute atomic E-state index is 13.8. The lowest BCUT2D eigenvalue weighted by molar-refractivity contribution is 0.200. The summed E-state index contributed by atoms with van der Waals surface area (Å²) >= 11 is 0. The summed E-state index contributed by atoms with van der Waals surface area (Å²) in [7, 11) is 4.05. The summed E-state index contributed by atoms with van der Waals surface area (Å²) in [6.45, 7) is 5.53. The van der Waals surface area contributed by atoms with Crippen LogP contribution in [0, 0.1) is 5.82 Å². The van der Waals surface area contributed by atoms with Gasteiger partial charge in [0.15, 0.2) is 0 Å². The molecular formula is C21H26FN3O. The molecule has 2 rings (SSSR count). The van der Waals surface area contributed by atoms with Crippen LogP contribution in [0.25, 0.3) is 0 Å². The van der Waals surface area contributed by atoms with Crippen LogP contribution in [0.1, 0.15) is 16.7 Å². The maximum atomic E-state index is 13.8. The van der Waals surface area contributed by atoms with Crippen LogP contribution in [0.15, 0.2) is 61.2 Å². The number of rotatable bonds is 8. The molecule has 2 amide bonds. The first-order chi connectivity index (χ1) is 12.5. The molecule has 0 aliphatic heterocycles. The highest BCUT2D eigenvalue weighted by atomic mass is 19.1. The Morgan fingerprint density at radius 1 is 1.08 bits per heavy atom. The number of nitrogens with zero attached hydrogens (tertiary/aromatic N) is 2. The topological polar surface area (TPSA) is 35.6 Å². The van der Waals surface area contributed by atoms with Crippen LogP contribution < -0.4 is 5.32 Å². The van der Waals surface area contributed by atoms with Crippen LogP contribution in [-0.4, -0.2) is 36.5 Å². The van der Waals surface area contributed by atoms with Gasteiger partial charge in [0.2, 0.25) is 0 Å². The first-order valence-electron chi connectivity index (χ1n) is 8.59. The van der Waals surface area contributed by atoms with Crippen LogP contribution in [-0.2, 0) is 19.6 Å². The van der Waals surface area contributed by atoms with Crippen molar-refractivity contribution in [1.29, 1.82) is 0 Å². The Labute approximate surface area is 154 Å². The van der Waals surface area contributed by atoms with Gasteiger partial charge in [-0.15, -0.1) is 6.58 Å². The quantitative estimate of drug-likeness (QED) is 0.732. The number of halogens is 1. The third-order valence-electron chi connectivity index (χ3n) is 3.92. The average Bonchev–Trinajstić information content (AvgIpc) is 2.62. The molecule has 0 aliphatic rings. The van der Waals surface area contributed by atoms with Crippen molar-refractivity contribution in [3.8, 4) is 0 Å². The van der Waals surface area contributed by atoms with Crippen molar-refractivity contribution in [3.63, 3.8) is 0 Å². The fourth-order valence-corrected chi connectivity index (χ4v) is 2.62. The van der Waals surface area contributed by atoms with Gasteiger partial charge in [-0.2, -0.15) is 0 Å². The van der Waals surface area contributed by atoms with Crippen molar-refractivity contribution in [1.82, 2.24) is 15.1 Å². The predicted octanol–water partition coefficient (Wildman–Crippen LogP) is 3.79. The highest BCUT2D eigenvalue weighted by Gasteiger charge is 2.14. The van der Waals surface area contributed by atoms with E-state index in [4.69, 9.17) is 0 Å². The zero-order chi connectivity index (χ0) is 18.9. The highest BCUT2D eigenvalue weighted by Crippen LogP contribution is 2.11. The van der Waals surface area contributed by atoms with E-state index in [1.807, 2.05) is 26.2 Å². The van der Waals surface area contributed by atoms with Gasteiger partial charge in [-0.3, -0.25) is 0 Å². The third kappa shape index (κ3) is 6.01. The Bertz CT molecular complexity index is 728. The van der Waals surface area contributed by atoms with E-state index in [0.29, 0.717) is 18.7 Å². The van der Waals surface area contributed by atoms with Crippen molar-refractivity contribution >= 4 is 6.03 Å². The van der Waals surface area contributed by atoms with Crippen molar-refractivity contribution < 1.29 is 9.18 Å². The van der Waals surface area contributed by atoms with Gasteiger partial charge < -0.3 is 15.1 Å². The molecule has 0 aromatic heterocycles. The Hall–Kier alpha value is -2.66. The highest BCUT2D eigenvalue weighted by molar-refractivity contribution is 5.74. The van der Waals surface area contributed by atoms with E-state index in [9.17, 15) is 9.18 Å². The summed E-state index contributed by atoms with van der Waals surface area (Å²) in [5.74, 6) is -0.314. The van der Waals surface area contributed by atoms with Gasteiger partial charge in [-0.05, 0) is 31.3 Å². The van der Waals surface area contributed by atoms with E-state index in [1.54, 1.807) is 24.3 Å². The molecule has 2 aromatic carbocycles. The molecule has 0 aliphatic carbocycles. The number of urea groups is 1. The fourth-order valence-electron chi connectivity index (χ4n) is 2.62. The Kier molecular flexibility index (Phi) is 7.36. The molecule has 0 heterocycles. The average molecular weight is 355 g/mol. The lowest BCUT2D eigenvalue weighted by Gasteiger charge is -2.22. The molecule has 0 radical (unpaired) electrons. The Morgan fingerprint density at radius 3 is 2.35 bits per heavy atom. The number of carbonyl (C=O) groups excluding carboxylic acids is 1. The van der Waals surface area contributed by atoms with Crippen LogP contribution in [0.2, 0.25) is 0 Å². The second-order valence-corrected chi connectivity index (χ2v) is 6.47. The zero-order valence-electron chi connectivity index (χ0n) is 15.4. The first-order valence-corrected chi connectivity index (χ1v) is 8.59. The summed E-state index contributed by atoms with van der Waals surface area (Å²) in [5.41, 5.74) is 2.72. The molecule has 0 unspecified atom stereocenters. The fraction of sp³-hybridized carbons (Fsp3) is 0.286. The second kappa shape index (κ2) is 9.73. The number of amides is 2. The lowest BCUT2D eigenvalue weighted by atomic mass is 10.1. The van der Waals surface area contributed by atoms with E-state index in [1.165, 1.54) is 16.5 Å². The van der Waals surface area contributed by atoms with Crippen molar-refractivity contribution in [2.24, 2.45) is 0 Å². The molecule has 1 N–H and O–H groups in total. The number of nitrogens with one attached hydrogen (secondary N) is 1. The van der Waals surface area contributed by atoms with Gasteiger partial charge in [0, 0.05) is 25.2 Å². The Morgan fingerprint density at radius 2 is 1.73 bits per heavy atom. The van der Waals surface area contributed by atoms with Crippen LogP contribution in [0.3, 0.4) is 0 Å². The minimum absolute atomic E-state index is 0.201. The number of hydrogen-bond acceptors (Lipinski definition) is 2. The van der Waals surface area contributed by atoms with Crippen molar-refractivity contribution in [3.05, 3.63) is 83.7 Å². The molecule has 26 heavy (non-hydrogen) atoms. The summed E-state index contributed by atoms with van der Waals surface area (Å²) in [6, 6.07) is 14.4. The van der Waals surface area contributed by atoms with Gasteiger partial charge in [-0.1, -0.05) is 48.5 Å². The van der Waals surface area contributed by atoms with Crippen molar-refractivity contribution in [2.75, 3.05) is 20.6 Å². The zero-order valence-corrected chi connectivity index (χ0v) is 15.4. The van der Waals surface area contributed by atoms with Gasteiger partial charge in [0.1, 0.15) is 5.82 Å². The van der Waals surface area contributed by atoms with Crippen LogP contribution in [0.4, 0.5) is 9.18 Å². The largest absolute Gasteiger partial charge is 0.334 e. The third-order valence-corrected chi connectivity index (χ3v) is 3.92. The summed E-state index contributed by atoms with van der Waals surface area (Å²) in [5, 5.41) is 2.89. The molecule has 0 fully saturated rings. The predicted molar refractivity (Wildman–Crippen MR) is 103 cm³/mol. The van der Waals surface area contributed by atoms with Gasteiger partial charge >= 0.3 is 6.03 Å². The molecule has 0 atom stereocenters. The molecule has 4 nitrogen and oxygen atoms in total. The smallest absolute Gasteiger partial charge is 0.318 e. The summed E-state index contributed by atoms with van der Waals surface area (Å²) < 4.78 is 13.8. The standard InChI is InChI=1S/C21H26FN3O/c1-4-13-25(16-19-7-5-6-8-20(19)22)21(26)23-14-17-9-11-18(12-10-17)15-24(2)3/h4-12H,1,13-16H2,2-3H3,(H,23,26). The molecule has 0 spiro atoms. The summed E-state index contributed by atoms with van der Waals surface area (Å²) in [6.07, 6.45) is 1.64. The van der Waals surface area contributed by atoms with Gasteiger partial charge in [0.05, 0.1) is 6.54 Å². The van der Waals surface area contributed by atoms with Gasteiger partial charge in [-0.25, -0.2) is 9.18 Å². The number of benzene rings is 2. The number of carbonyl (C=O) groups is 1. The normalized spacial score (nSPS) is 10.6. The SMILES string of the molecule is C=CCN(Cc1ccccc1F)C(=O)NCc1ccc(CN(C)C)cc1.